The number of aliphatic hydroxyl groups is 2. The zero-order valence-corrected chi connectivity index (χ0v) is 10.1. The van der Waals surface area contributed by atoms with E-state index in [-0.39, 0.29) is 12.0 Å². The molecule has 0 aliphatic heterocycles. The highest BCUT2D eigenvalue weighted by molar-refractivity contribution is 4.72. The smallest absolute Gasteiger partial charge is 0.0897 e. The lowest BCUT2D eigenvalue weighted by Crippen LogP contribution is -2.36. The molecule has 0 aliphatic carbocycles. The third-order valence-electron chi connectivity index (χ3n) is 2.29. The molecule has 0 rings (SSSR count). The van der Waals surface area contributed by atoms with Crippen LogP contribution in [0.3, 0.4) is 0 Å². The maximum Gasteiger partial charge on any atom is 0.0897 e. The lowest BCUT2D eigenvalue weighted by atomic mass is 9.90. The number of ether oxygens (including phenoxy) is 1. The van der Waals surface area contributed by atoms with Gasteiger partial charge in [0.05, 0.1) is 12.7 Å². The van der Waals surface area contributed by atoms with Crippen molar-refractivity contribution in [1.29, 1.82) is 0 Å². The Morgan fingerprint density at radius 2 is 2.07 bits per heavy atom. The van der Waals surface area contributed by atoms with Crippen LogP contribution in [-0.4, -0.2) is 49.2 Å². The Kier molecular flexibility index (Phi) is 7.96. The molecule has 3 N–H and O–H groups in total. The molecule has 0 aromatic rings. The van der Waals surface area contributed by atoms with E-state index in [1.165, 1.54) is 0 Å². The van der Waals surface area contributed by atoms with E-state index in [2.05, 4.69) is 19.2 Å². The van der Waals surface area contributed by atoms with E-state index in [0.29, 0.717) is 19.8 Å². The van der Waals surface area contributed by atoms with Crippen LogP contribution in [-0.2, 0) is 4.74 Å². The van der Waals surface area contributed by atoms with E-state index in [0.717, 1.165) is 13.0 Å². The van der Waals surface area contributed by atoms with Gasteiger partial charge in [0.1, 0.15) is 0 Å². The SMILES string of the molecule is CCOCC(O)CNCC(C)(C)CCO. The Balaban J connectivity index is 3.51. The Hall–Kier alpha value is -0.160. The minimum absolute atomic E-state index is 0.0695. The van der Waals surface area contributed by atoms with Crippen LogP contribution in [0.5, 0.6) is 0 Å². The molecular formula is C11H25NO3. The first-order chi connectivity index (χ1) is 7.02. The summed E-state index contributed by atoms with van der Waals surface area (Å²) in [5, 5.41) is 21.5. The van der Waals surface area contributed by atoms with Crippen molar-refractivity contribution in [2.75, 3.05) is 32.9 Å². The van der Waals surface area contributed by atoms with Crippen LogP contribution in [0.2, 0.25) is 0 Å². The van der Waals surface area contributed by atoms with Crippen LogP contribution in [0.4, 0.5) is 0 Å². The molecule has 0 heterocycles. The molecule has 0 aromatic carbocycles. The van der Waals surface area contributed by atoms with Crippen molar-refractivity contribution < 1.29 is 14.9 Å². The van der Waals surface area contributed by atoms with Gasteiger partial charge in [-0.1, -0.05) is 13.8 Å². The molecule has 0 spiro atoms. The van der Waals surface area contributed by atoms with Gasteiger partial charge in [-0.05, 0) is 18.8 Å². The number of hydrogen-bond acceptors (Lipinski definition) is 4. The average Bonchev–Trinajstić information content (AvgIpc) is 2.14. The first-order valence-corrected chi connectivity index (χ1v) is 5.59. The summed E-state index contributed by atoms with van der Waals surface area (Å²) in [6, 6.07) is 0. The molecule has 0 saturated carbocycles. The van der Waals surface area contributed by atoms with E-state index in [4.69, 9.17) is 9.84 Å². The Morgan fingerprint density at radius 3 is 2.60 bits per heavy atom. The van der Waals surface area contributed by atoms with Gasteiger partial charge in [-0.3, -0.25) is 0 Å². The molecule has 4 heteroatoms. The summed E-state index contributed by atoms with van der Waals surface area (Å²) in [6.45, 7) is 8.62. The molecule has 1 atom stereocenters. The van der Waals surface area contributed by atoms with Crippen LogP contribution in [0.1, 0.15) is 27.2 Å². The standard InChI is InChI=1S/C11H25NO3/c1-4-15-8-10(14)7-12-9-11(2,3)5-6-13/h10,12-14H,4-9H2,1-3H3. The summed E-state index contributed by atoms with van der Waals surface area (Å²) in [5.41, 5.74) is 0.0695. The molecule has 92 valence electrons. The lowest BCUT2D eigenvalue weighted by molar-refractivity contribution is 0.0413. The summed E-state index contributed by atoms with van der Waals surface area (Å²) in [7, 11) is 0. The van der Waals surface area contributed by atoms with Crippen molar-refractivity contribution in [2.45, 2.75) is 33.3 Å². The highest BCUT2D eigenvalue weighted by Gasteiger charge is 2.16. The van der Waals surface area contributed by atoms with E-state index < -0.39 is 6.10 Å². The molecule has 15 heavy (non-hydrogen) atoms. The first kappa shape index (κ1) is 14.8. The van der Waals surface area contributed by atoms with E-state index in [1.54, 1.807) is 0 Å². The fraction of sp³-hybridized carbons (Fsp3) is 1.00. The maximum atomic E-state index is 9.47. The Labute approximate surface area is 92.6 Å². The highest BCUT2D eigenvalue weighted by Crippen LogP contribution is 2.17. The topological polar surface area (TPSA) is 61.7 Å². The van der Waals surface area contributed by atoms with Gasteiger partial charge in [-0.15, -0.1) is 0 Å². The van der Waals surface area contributed by atoms with Crippen LogP contribution in [0.15, 0.2) is 0 Å². The predicted octanol–water partition coefficient (Wildman–Crippen LogP) is 0.382. The molecule has 0 saturated heterocycles. The fourth-order valence-electron chi connectivity index (χ4n) is 1.28. The molecule has 0 amide bonds. The number of aliphatic hydroxyl groups excluding tert-OH is 2. The van der Waals surface area contributed by atoms with Crippen molar-refractivity contribution in [3.8, 4) is 0 Å². The van der Waals surface area contributed by atoms with Gasteiger partial charge in [-0.2, -0.15) is 0 Å². The van der Waals surface area contributed by atoms with Gasteiger partial charge in [-0.25, -0.2) is 0 Å². The number of hydrogen-bond donors (Lipinski definition) is 3. The highest BCUT2D eigenvalue weighted by atomic mass is 16.5. The van der Waals surface area contributed by atoms with Crippen LogP contribution in [0, 0.1) is 5.41 Å². The normalized spacial score (nSPS) is 14.2. The first-order valence-electron chi connectivity index (χ1n) is 5.59. The van der Waals surface area contributed by atoms with Crippen molar-refractivity contribution in [3.63, 3.8) is 0 Å². The van der Waals surface area contributed by atoms with Gasteiger partial charge < -0.3 is 20.3 Å². The van der Waals surface area contributed by atoms with Crippen LogP contribution >= 0.6 is 0 Å². The molecule has 0 fully saturated rings. The summed E-state index contributed by atoms with van der Waals surface area (Å²) in [6.07, 6.45) is 0.316. The zero-order chi connectivity index (χ0) is 11.7. The second-order valence-corrected chi connectivity index (χ2v) is 4.58. The van der Waals surface area contributed by atoms with E-state index >= 15 is 0 Å². The van der Waals surface area contributed by atoms with Crippen molar-refractivity contribution >= 4 is 0 Å². The van der Waals surface area contributed by atoms with Crippen molar-refractivity contribution in [2.24, 2.45) is 5.41 Å². The molecular weight excluding hydrogens is 194 g/mol. The molecule has 0 radical (unpaired) electrons. The lowest BCUT2D eigenvalue weighted by Gasteiger charge is -2.24. The Bertz CT molecular complexity index is 151. The second kappa shape index (κ2) is 8.05. The van der Waals surface area contributed by atoms with Gasteiger partial charge in [0.15, 0.2) is 0 Å². The summed E-state index contributed by atoms with van der Waals surface area (Å²) >= 11 is 0. The average molecular weight is 219 g/mol. The van der Waals surface area contributed by atoms with Gasteiger partial charge >= 0.3 is 0 Å². The molecule has 0 aromatic heterocycles. The minimum atomic E-state index is -0.449. The Morgan fingerprint density at radius 1 is 1.40 bits per heavy atom. The molecule has 0 bridgehead atoms. The zero-order valence-electron chi connectivity index (χ0n) is 10.1. The maximum absolute atomic E-state index is 9.47. The fourth-order valence-corrected chi connectivity index (χ4v) is 1.28. The number of nitrogens with one attached hydrogen (secondary N) is 1. The largest absolute Gasteiger partial charge is 0.396 e. The van der Waals surface area contributed by atoms with Gasteiger partial charge in [0.2, 0.25) is 0 Å². The summed E-state index contributed by atoms with van der Waals surface area (Å²) in [4.78, 5) is 0. The molecule has 1 unspecified atom stereocenters. The van der Waals surface area contributed by atoms with Gasteiger partial charge in [0, 0.05) is 26.3 Å². The predicted molar refractivity (Wildman–Crippen MR) is 60.9 cm³/mol. The summed E-state index contributed by atoms with van der Waals surface area (Å²) < 4.78 is 5.10. The quantitative estimate of drug-likeness (QED) is 0.525. The van der Waals surface area contributed by atoms with Crippen LogP contribution in [0.25, 0.3) is 0 Å². The third kappa shape index (κ3) is 8.81. The molecule has 0 aliphatic rings. The van der Waals surface area contributed by atoms with Gasteiger partial charge in [0.25, 0.3) is 0 Å². The van der Waals surface area contributed by atoms with Crippen molar-refractivity contribution in [1.82, 2.24) is 5.32 Å². The van der Waals surface area contributed by atoms with E-state index in [1.807, 2.05) is 6.92 Å². The monoisotopic (exact) mass is 219 g/mol. The third-order valence-corrected chi connectivity index (χ3v) is 2.29. The summed E-state index contributed by atoms with van der Waals surface area (Å²) in [5.74, 6) is 0. The minimum Gasteiger partial charge on any atom is -0.396 e. The van der Waals surface area contributed by atoms with Crippen LogP contribution < -0.4 is 5.32 Å². The second-order valence-electron chi connectivity index (χ2n) is 4.58. The van der Waals surface area contributed by atoms with E-state index in [9.17, 15) is 5.11 Å². The number of rotatable bonds is 9. The van der Waals surface area contributed by atoms with Crippen molar-refractivity contribution in [3.05, 3.63) is 0 Å². The molecule has 4 nitrogen and oxygen atoms in total.